The molecule has 2 amide bonds. The van der Waals surface area contributed by atoms with E-state index in [2.05, 4.69) is 10.6 Å². The molecular formula is C23H25N3O2. The number of benzene rings is 3. The fourth-order valence-electron chi connectivity index (χ4n) is 2.99. The number of carbonyl (C=O) groups excluding carboxylic acids is 2. The lowest BCUT2D eigenvalue weighted by Gasteiger charge is -2.11. The van der Waals surface area contributed by atoms with E-state index in [1.54, 1.807) is 19.0 Å². The van der Waals surface area contributed by atoms with Crippen molar-refractivity contribution < 1.29 is 9.59 Å². The fraction of sp³-hybridized carbons (Fsp3) is 0.217. The number of amides is 2. The molecular weight excluding hydrogens is 350 g/mol. The smallest absolute Gasteiger partial charge is 0.243 e. The van der Waals surface area contributed by atoms with E-state index in [1.165, 1.54) is 0 Å². The number of hydrogen-bond donors (Lipinski definition) is 2. The highest BCUT2D eigenvalue weighted by Gasteiger charge is 2.06. The summed E-state index contributed by atoms with van der Waals surface area (Å²) in [6.45, 7) is 0.188. The zero-order valence-electron chi connectivity index (χ0n) is 16.2. The third kappa shape index (κ3) is 5.10. The van der Waals surface area contributed by atoms with E-state index in [-0.39, 0.29) is 18.4 Å². The van der Waals surface area contributed by atoms with Gasteiger partial charge < -0.3 is 15.5 Å². The summed E-state index contributed by atoms with van der Waals surface area (Å²) >= 11 is 0. The molecule has 3 rings (SSSR count). The summed E-state index contributed by atoms with van der Waals surface area (Å²) in [5, 5.41) is 8.33. The van der Waals surface area contributed by atoms with Crippen LogP contribution in [0.5, 0.6) is 0 Å². The second-order valence-electron chi connectivity index (χ2n) is 6.91. The third-order valence-electron chi connectivity index (χ3n) is 4.59. The predicted octanol–water partition coefficient (Wildman–Crippen LogP) is 3.91. The third-order valence-corrected chi connectivity index (χ3v) is 4.59. The van der Waals surface area contributed by atoms with Crippen LogP contribution in [-0.4, -0.2) is 37.4 Å². The van der Waals surface area contributed by atoms with Crippen LogP contribution in [0.3, 0.4) is 0 Å². The van der Waals surface area contributed by atoms with Gasteiger partial charge in [0.2, 0.25) is 11.8 Å². The largest absolute Gasteiger partial charge is 0.376 e. The van der Waals surface area contributed by atoms with Crippen LogP contribution in [-0.2, 0) is 16.0 Å². The van der Waals surface area contributed by atoms with Crippen LogP contribution in [0, 0.1) is 0 Å². The van der Waals surface area contributed by atoms with Crippen molar-refractivity contribution in [2.24, 2.45) is 0 Å². The first-order valence-corrected chi connectivity index (χ1v) is 9.33. The van der Waals surface area contributed by atoms with E-state index in [4.69, 9.17) is 0 Å². The molecule has 144 valence electrons. The van der Waals surface area contributed by atoms with Gasteiger partial charge in [0.05, 0.1) is 6.54 Å². The molecule has 0 saturated heterocycles. The van der Waals surface area contributed by atoms with Crippen LogP contribution >= 0.6 is 0 Å². The Morgan fingerprint density at radius 1 is 0.893 bits per heavy atom. The summed E-state index contributed by atoms with van der Waals surface area (Å²) in [5.41, 5.74) is 2.75. The highest BCUT2D eigenvalue weighted by atomic mass is 16.2. The summed E-state index contributed by atoms with van der Waals surface area (Å²) in [6, 6.07) is 21.7. The normalized spacial score (nSPS) is 10.5. The van der Waals surface area contributed by atoms with Gasteiger partial charge in [-0.1, -0.05) is 48.5 Å². The van der Waals surface area contributed by atoms with Crippen LogP contribution < -0.4 is 10.6 Å². The Bertz CT molecular complexity index is 960. The van der Waals surface area contributed by atoms with Gasteiger partial charge in [-0.3, -0.25) is 9.59 Å². The van der Waals surface area contributed by atoms with Crippen molar-refractivity contribution in [3.05, 3.63) is 72.3 Å². The standard InChI is InChI=1S/C23H25N3O2/c1-26(2)23(28)15-12-17-10-13-19(14-11-17)25-22(27)16-24-21-9-5-7-18-6-3-4-8-20(18)21/h3-11,13-14,24H,12,15-16H2,1-2H3,(H,25,27). The van der Waals surface area contributed by atoms with Gasteiger partial charge in [-0.25, -0.2) is 0 Å². The monoisotopic (exact) mass is 375 g/mol. The highest BCUT2D eigenvalue weighted by Crippen LogP contribution is 2.22. The topological polar surface area (TPSA) is 61.4 Å². The molecule has 0 atom stereocenters. The van der Waals surface area contributed by atoms with Gasteiger partial charge in [0.25, 0.3) is 0 Å². The number of fused-ring (bicyclic) bond motifs is 1. The van der Waals surface area contributed by atoms with Gasteiger partial charge in [-0.2, -0.15) is 0 Å². The van der Waals surface area contributed by atoms with Gasteiger partial charge >= 0.3 is 0 Å². The lowest BCUT2D eigenvalue weighted by atomic mass is 10.1. The van der Waals surface area contributed by atoms with E-state index in [9.17, 15) is 9.59 Å². The molecule has 0 radical (unpaired) electrons. The molecule has 5 heteroatoms. The highest BCUT2D eigenvalue weighted by molar-refractivity contribution is 5.97. The number of aryl methyl sites for hydroxylation is 1. The molecule has 0 bridgehead atoms. The molecule has 0 aliphatic rings. The van der Waals surface area contributed by atoms with E-state index >= 15 is 0 Å². The number of nitrogens with one attached hydrogen (secondary N) is 2. The van der Waals surface area contributed by atoms with E-state index in [1.807, 2.05) is 66.7 Å². The molecule has 5 nitrogen and oxygen atoms in total. The Hall–Kier alpha value is -3.34. The Balaban J connectivity index is 1.52. The van der Waals surface area contributed by atoms with Crippen LogP contribution in [0.2, 0.25) is 0 Å². The van der Waals surface area contributed by atoms with Crippen LogP contribution in [0.4, 0.5) is 11.4 Å². The molecule has 3 aromatic rings. The molecule has 0 aliphatic carbocycles. The molecule has 0 aromatic heterocycles. The van der Waals surface area contributed by atoms with Crippen molar-refractivity contribution >= 4 is 34.0 Å². The van der Waals surface area contributed by atoms with Crippen LogP contribution in [0.25, 0.3) is 10.8 Å². The SMILES string of the molecule is CN(C)C(=O)CCc1ccc(NC(=O)CNc2cccc3ccccc23)cc1. The van der Waals surface area contributed by atoms with Crippen molar-refractivity contribution in [1.82, 2.24) is 4.90 Å². The Morgan fingerprint density at radius 3 is 2.36 bits per heavy atom. The molecule has 0 aliphatic heterocycles. The minimum absolute atomic E-state index is 0.108. The number of carbonyl (C=O) groups is 2. The first-order valence-electron chi connectivity index (χ1n) is 9.33. The summed E-state index contributed by atoms with van der Waals surface area (Å²) in [6.07, 6.45) is 1.17. The predicted molar refractivity (Wildman–Crippen MR) is 115 cm³/mol. The second-order valence-corrected chi connectivity index (χ2v) is 6.91. The molecule has 0 fully saturated rings. The lowest BCUT2D eigenvalue weighted by Crippen LogP contribution is -2.22. The average Bonchev–Trinajstić information content (AvgIpc) is 2.71. The fourth-order valence-corrected chi connectivity index (χ4v) is 2.99. The van der Waals surface area contributed by atoms with Gasteiger partial charge in [0.1, 0.15) is 0 Å². The summed E-state index contributed by atoms with van der Waals surface area (Å²) in [7, 11) is 3.51. The maximum absolute atomic E-state index is 12.3. The molecule has 3 aromatic carbocycles. The zero-order valence-corrected chi connectivity index (χ0v) is 16.2. The summed E-state index contributed by atoms with van der Waals surface area (Å²) in [5.74, 6) is 0.000333. The number of anilines is 2. The van der Waals surface area contributed by atoms with Crippen molar-refractivity contribution in [2.75, 3.05) is 31.3 Å². The molecule has 28 heavy (non-hydrogen) atoms. The van der Waals surface area contributed by atoms with E-state index < -0.39 is 0 Å². The van der Waals surface area contributed by atoms with Crippen molar-refractivity contribution in [3.63, 3.8) is 0 Å². The molecule has 0 saturated carbocycles. The number of hydrogen-bond acceptors (Lipinski definition) is 3. The number of nitrogens with zero attached hydrogens (tertiary/aromatic N) is 1. The number of rotatable bonds is 7. The average molecular weight is 375 g/mol. The minimum atomic E-state index is -0.108. The Labute approximate surface area is 165 Å². The molecule has 2 N–H and O–H groups in total. The van der Waals surface area contributed by atoms with E-state index in [0.29, 0.717) is 12.8 Å². The lowest BCUT2D eigenvalue weighted by molar-refractivity contribution is -0.128. The first-order chi connectivity index (χ1) is 13.5. The second kappa shape index (κ2) is 9.04. The Morgan fingerprint density at radius 2 is 1.61 bits per heavy atom. The maximum Gasteiger partial charge on any atom is 0.243 e. The maximum atomic E-state index is 12.3. The van der Waals surface area contributed by atoms with Gasteiger partial charge in [0, 0.05) is 37.3 Å². The van der Waals surface area contributed by atoms with Gasteiger partial charge in [0.15, 0.2) is 0 Å². The zero-order chi connectivity index (χ0) is 19.9. The van der Waals surface area contributed by atoms with Crippen LogP contribution in [0.15, 0.2) is 66.7 Å². The van der Waals surface area contributed by atoms with Crippen LogP contribution in [0.1, 0.15) is 12.0 Å². The van der Waals surface area contributed by atoms with Crippen molar-refractivity contribution in [3.8, 4) is 0 Å². The quantitative estimate of drug-likeness (QED) is 0.658. The van der Waals surface area contributed by atoms with Crippen molar-refractivity contribution in [1.29, 1.82) is 0 Å². The summed E-state index contributed by atoms with van der Waals surface area (Å²) in [4.78, 5) is 25.5. The molecule has 0 unspecified atom stereocenters. The molecule has 0 heterocycles. The van der Waals surface area contributed by atoms with Gasteiger partial charge in [-0.05, 0) is 35.6 Å². The minimum Gasteiger partial charge on any atom is -0.376 e. The van der Waals surface area contributed by atoms with Gasteiger partial charge in [-0.15, -0.1) is 0 Å². The Kier molecular flexibility index (Phi) is 6.27. The van der Waals surface area contributed by atoms with E-state index in [0.717, 1.165) is 27.7 Å². The van der Waals surface area contributed by atoms with Crippen molar-refractivity contribution in [2.45, 2.75) is 12.8 Å². The first kappa shape index (κ1) is 19.4. The molecule has 0 spiro atoms. The summed E-state index contributed by atoms with van der Waals surface area (Å²) < 4.78 is 0.